The summed E-state index contributed by atoms with van der Waals surface area (Å²) in [6.07, 6.45) is 1.70. The zero-order chi connectivity index (χ0) is 24.5. The lowest BCUT2D eigenvalue weighted by Gasteiger charge is -2.15. The quantitative estimate of drug-likeness (QED) is 0.295. The third-order valence-corrected chi connectivity index (χ3v) is 7.11. The van der Waals surface area contributed by atoms with Gasteiger partial charge in [0.15, 0.2) is 0 Å². The van der Waals surface area contributed by atoms with E-state index in [1.807, 2.05) is 37.3 Å². The number of aromatic nitrogens is 2. The number of thiazole rings is 1. The van der Waals surface area contributed by atoms with E-state index in [0.717, 1.165) is 33.6 Å². The molecule has 176 valence electrons. The summed E-state index contributed by atoms with van der Waals surface area (Å²) in [5, 5.41) is 15.0. The molecule has 0 aliphatic rings. The summed E-state index contributed by atoms with van der Waals surface area (Å²) in [4.78, 5) is 31.1. The highest BCUT2D eigenvalue weighted by atomic mass is 32.1. The van der Waals surface area contributed by atoms with Crippen LogP contribution >= 0.6 is 11.3 Å². The van der Waals surface area contributed by atoms with Gasteiger partial charge in [-0.1, -0.05) is 31.5 Å². The Balaban J connectivity index is 1.45. The van der Waals surface area contributed by atoms with E-state index in [0.29, 0.717) is 23.1 Å². The molecule has 1 amide bonds. The summed E-state index contributed by atoms with van der Waals surface area (Å²) >= 11 is 1.62. The van der Waals surface area contributed by atoms with Crippen LogP contribution in [0.3, 0.4) is 0 Å². The number of para-hydroxylation sites is 1. The van der Waals surface area contributed by atoms with Gasteiger partial charge in [0.05, 0.1) is 15.7 Å². The van der Waals surface area contributed by atoms with E-state index in [-0.39, 0.29) is 11.3 Å². The number of aryl methyl sites for hydroxylation is 2. The second kappa shape index (κ2) is 9.35. The van der Waals surface area contributed by atoms with Gasteiger partial charge in [-0.3, -0.25) is 9.59 Å². The molecule has 0 spiro atoms. The van der Waals surface area contributed by atoms with Crippen molar-refractivity contribution in [2.45, 2.75) is 33.2 Å². The summed E-state index contributed by atoms with van der Waals surface area (Å²) in [7, 11) is 0. The van der Waals surface area contributed by atoms with Gasteiger partial charge < -0.3 is 15.0 Å². The van der Waals surface area contributed by atoms with Crippen LogP contribution in [0.4, 0.5) is 5.69 Å². The zero-order valence-electron chi connectivity index (χ0n) is 19.5. The number of anilines is 1. The molecule has 0 atom stereocenters. The fourth-order valence-corrected chi connectivity index (χ4v) is 5.25. The minimum atomic E-state index is -0.633. The van der Waals surface area contributed by atoms with Crippen LogP contribution in [0.25, 0.3) is 31.7 Å². The van der Waals surface area contributed by atoms with Gasteiger partial charge in [-0.05, 0) is 67.4 Å². The number of fused-ring (bicyclic) bond motifs is 2. The molecule has 3 aromatic carbocycles. The van der Waals surface area contributed by atoms with Crippen molar-refractivity contribution in [3.05, 3.63) is 88.2 Å². The lowest BCUT2D eigenvalue weighted by Crippen LogP contribution is -2.30. The van der Waals surface area contributed by atoms with Gasteiger partial charge >= 0.3 is 0 Å². The number of hydrogen-bond acceptors (Lipinski definition) is 5. The second-order valence-electron chi connectivity index (χ2n) is 8.57. The van der Waals surface area contributed by atoms with Crippen molar-refractivity contribution < 1.29 is 9.90 Å². The van der Waals surface area contributed by atoms with Crippen LogP contribution in [0, 0.1) is 6.92 Å². The van der Waals surface area contributed by atoms with E-state index in [1.54, 1.807) is 46.2 Å². The fraction of sp³-hybridized carbons (Fsp3) is 0.179. The van der Waals surface area contributed by atoms with Gasteiger partial charge in [0.25, 0.3) is 11.5 Å². The Kier molecular flexibility index (Phi) is 6.09. The molecule has 0 bridgehead atoms. The van der Waals surface area contributed by atoms with Gasteiger partial charge in [0.2, 0.25) is 0 Å². The highest BCUT2D eigenvalue weighted by molar-refractivity contribution is 7.21. The van der Waals surface area contributed by atoms with E-state index in [4.69, 9.17) is 4.98 Å². The summed E-state index contributed by atoms with van der Waals surface area (Å²) < 4.78 is 2.70. The van der Waals surface area contributed by atoms with Gasteiger partial charge in [-0.25, -0.2) is 4.98 Å². The van der Waals surface area contributed by atoms with Crippen LogP contribution in [0.5, 0.6) is 5.75 Å². The SMILES string of the molecule is CCCCn1c(=O)c(C(=O)Nc2ccc(-c3nc4ccc(C)cc4s3)cc2)c(O)c2ccccc21. The van der Waals surface area contributed by atoms with Gasteiger partial charge in [-0.15, -0.1) is 11.3 Å². The summed E-state index contributed by atoms with van der Waals surface area (Å²) in [6, 6.07) is 20.6. The van der Waals surface area contributed by atoms with Crippen molar-refractivity contribution in [3.8, 4) is 16.3 Å². The smallest absolute Gasteiger partial charge is 0.267 e. The van der Waals surface area contributed by atoms with Crippen LogP contribution in [0.15, 0.2) is 71.5 Å². The zero-order valence-corrected chi connectivity index (χ0v) is 20.4. The third-order valence-electron chi connectivity index (χ3n) is 6.04. The van der Waals surface area contributed by atoms with Crippen molar-refractivity contribution in [1.29, 1.82) is 0 Å². The van der Waals surface area contributed by atoms with Gasteiger partial charge in [-0.2, -0.15) is 0 Å². The Morgan fingerprint density at radius 2 is 1.86 bits per heavy atom. The van der Waals surface area contributed by atoms with Gasteiger partial charge in [0, 0.05) is 23.2 Å². The predicted octanol–water partition coefficient (Wildman–Crippen LogP) is 6.34. The molecule has 7 heteroatoms. The van der Waals surface area contributed by atoms with Crippen LogP contribution < -0.4 is 10.9 Å². The first-order valence-electron chi connectivity index (χ1n) is 11.6. The number of nitrogens with zero attached hydrogens (tertiary/aromatic N) is 2. The largest absolute Gasteiger partial charge is 0.506 e. The fourth-order valence-electron chi connectivity index (χ4n) is 4.18. The molecule has 5 rings (SSSR count). The first-order valence-corrected chi connectivity index (χ1v) is 12.4. The summed E-state index contributed by atoms with van der Waals surface area (Å²) in [6.45, 7) is 4.58. The number of rotatable bonds is 6. The number of pyridine rings is 1. The molecule has 2 heterocycles. The van der Waals surface area contributed by atoms with E-state index in [2.05, 4.69) is 18.3 Å². The van der Waals surface area contributed by atoms with E-state index in [9.17, 15) is 14.7 Å². The molecule has 35 heavy (non-hydrogen) atoms. The minimum Gasteiger partial charge on any atom is -0.506 e. The molecule has 0 radical (unpaired) electrons. The number of nitrogens with one attached hydrogen (secondary N) is 1. The Hall–Kier alpha value is -3.97. The molecule has 0 fully saturated rings. The average molecular weight is 484 g/mol. The van der Waals surface area contributed by atoms with E-state index in [1.165, 1.54) is 5.56 Å². The molecular formula is C28H25N3O3S. The number of unbranched alkanes of at least 4 members (excludes halogenated alkanes) is 1. The lowest BCUT2D eigenvalue weighted by atomic mass is 10.1. The number of amides is 1. The average Bonchev–Trinajstić information content (AvgIpc) is 3.28. The molecule has 2 N–H and O–H groups in total. The molecule has 0 saturated carbocycles. The maximum atomic E-state index is 13.2. The van der Waals surface area contributed by atoms with Crippen molar-refractivity contribution >= 4 is 44.1 Å². The summed E-state index contributed by atoms with van der Waals surface area (Å²) in [5.74, 6) is -0.927. The van der Waals surface area contributed by atoms with Crippen molar-refractivity contribution in [3.63, 3.8) is 0 Å². The van der Waals surface area contributed by atoms with Crippen molar-refractivity contribution in [2.75, 3.05) is 5.32 Å². The Morgan fingerprint density at radius 1 is 1.09 bits per heavy atom. The molecule has 0 aliphatic heterocycles. The van der Waals surface area contributed by atoms with Crippen molar-refractivity contribution in [1.82, 2.24) is 9.55 Å². The maximum absolute atomic E-state index is 13.2. The molecular weight excluding hydrogens is 458 g/mol. The normalized spacial score (nSPS) is 11.3. The van der Waals surface area contributed by atoms with E-state index >= 15 is 0 Å². The minimum absolute atomic E-state index is 0.245. The molecule has 0 aliphatic carbocycles. The standard InChI is InChI=1S/C28H25N3O3S/c1-3-4-15-31-22-8-6-5-7-20(22)25(32)24(28(31)34)26(33)29-19-12-10-18(11-13-19)27-30-21-14-9-17(2)16-23(21)35-27/h5-14,16,32H,3-4,15H2,1-2H3,(H,29,33). The van der Waals surface area contributed by atoms with Gasteiger partial charge in [0.1, 0.15) is 16.3 Å². The molecule has 2 aromatic heterocycles. The number of carbonyl (C=O) groups is 1. The highest BCUT2D eigenvalue weighted by Gasteiger charge is 2.22. The van der Waals surface area contributed by atoms with Crippen LogP contribution in [-0.2, 0) is 6.54 Å². The Bertz CT molecular complexity index is 1620. The first kappa shape index (κ1) is 22.8. The Labute approximate surface area is 206 Å². The molecule has 5 aromatic rings. The third kappa shape index (κ3) is 4.31. The lowest BCUT2D eigenvalue weighted by molar-refractivity contribution is 0.102. The number of benzene rings is 3. The monoisotopic (exact) mass is 483 g/mol. The Morgan fingerprint density at radius 3 is 2.63 bits per heavy atom. The predicted molar refractivity (Wildman–Crippen MR) is 143 cm³/mol. The topological polar surface area (TPSA) is 84.2 Å². The number of hydrogen-bond donors (Lipinski definition) is 2. The maximum Gasteiger partial charge on any atom is 0.267 e. The number of carbonyl (C=O) groups excluding carboxylic acids is 1. The summed E-state index contributed by atoms with van der Waals surface area (Å²) in [5.41, 5.74) is 3.50. The molecule has 0 saturated heterocycles. The van der Waals surface area contributed by atoms with Crippen LogP contribution in [0.1, 0.15) is 35.7 Å². The van der Waals surface area contributed by atoms with Crippen LogP contribution in [-0.4, -0.2) is 20.6 Å². The number of aromatic hydroxyl groups is 1. The molecule has 0 unspecified atom stereocenters. The van der Waals surface area contributed by atoms with E-state index < -0.39 is 11.5 Å². The van der Waals surface area contributed by atoms with Crippen molar-refractivity contribution in [2.24, 2.45) is 0 Å². The van der Waals surface area contributed by atoms with Crippen LogP contribution in [0.2, 0.25) is 0 Å². The first-order chi connectivity index (χ1) is 17.0. The second-order valence-corrected chi connectivity index (χ2v) is 9.60. The molecule has 6 nitrogen and oxygen atoms in total. The highest BCUT2D eigenvalue weighted by Crippen LogP contribution is 2.32.